The van der Waals surface area contributed by atoms with Crippen molar-refractivity contribution in [3.63, 3.8) is 0 Å². The first-order chi connectivity index (χ1) is 4.16. The maximum atomic E-state index is 10.5. The number of carbonyl (C=O) groups excluding carboxylic acids is 2. The standard InChI is InChI=1S/C7H8O2/c1-3-4-7(9)5-6(2)8/h5H2,1-2H3. The van der Waals surface area contributed by atoms with E-state index in [9.17, 15) is 9.59 Å². The molecule has 0 bridgehead atoms. The summed E-state index contributed by atoms with van der Waals surface area (Å²) < 4.78 is 0. The van der Waals surface area contributed by atoms with Crippen LogP contribution in [0.25, 0.3) is 0 Å². The van der Waals surface area contributed by atoms with E-state index in [1.54, 1.807) is 6.92 Å². The lowest BCUT2D eigenvalue weighted by molar-refractivity contribution is -0.122. The first kappa shape index (κ1) is 7.90. The molecule has 0 unspecified atom stereocenters. The van der Waals surface area contributed by atoms with Crippen LogP contribution in [-0.2, 0) is 9.59 Å². The molecule has 0 aliphatic heterocycles. The Labute approximate surface area is 54.3 Å². The quantitative estimate of drug-likeness (QED) is 0.306. The highest BCUT2D eigenvalue weighted by molar-refractivity contribution is 6.07. The number of hydrogen-bond donors (Lipinski definition) is 0. The molecule has 0 aromatic rings. The molecule has 0 N–H and O–H groups in total. The van der Waals surface area contributed by atoms with Crippen LogP contribution in [0.2, 0.25) is 0 Å². The number of Topliss-reactive ketones (excluding diaryl/α,β-unsaturated/α-hetero) is 2. The molecule has 0 aliphatic carbocycles. The van der Waals surface area contributed by atoms with E-state index in [0.29, 0.717) is 0 Å². The van der Waals surface area contributed by atoms with Crippen LogP contribution in [0.15, 0.2) is 0 Å². The van der Waals surface area contributed by atoms with Gasteiger partial charge in [-0.2, -0.15) is 0 Å². The van der Waals surface area contributed by atoms with Crippen LogP contribution in [-0.4, -0.2) is 11.6 Å². The fraction of sp³-hybridized carbons (Fsp3) is 0.429. The molecular formula is C7H8O2. The third-order valence-electron chi connectivity index (χ3n) is 0.674. The molecule has 9 heavy (non-hydrogen) atoms. The molecule has 0 saturated carbocycles. The van der Waals surface area contributed by atoms with Crippen molar-refractivity contribution < 1.29 is 9.59 Å². The Hall–Kier alpha value is -1.10. The SMILES string of the molecule is CC#CC(=O)CC(C)=O. The summed E-state index contributed by atoms with van der Waals surface area (Å²) in [6.07, 6.45) is -0.0547. The molecule has 0 radical (unpaired) electrons. The van der Waals surface area contributed by atoms with Gasteiger partial charge in [0.25, 0.3) is 0 Å². The Morgan fingerprint density at radius 3 is 2.33 bits per heavy atom. The zero-order chi connectivity index (χ0) is 7.28. The second-order valence-electron chi connectivity index (χ2n) is 1.68. The van der Waals surface area contributed by atoms with Gasteiger partial charge in [-0.15, -0.1) is 0 Å². The molecule has 0 aromatic carbocycles. The summed E-state index contributed by atoms with van der Waals surface area (Å²) in [5.74, 6) is 4.25. The van der Waals surface area contributed by atoms with Gasteiger partial charge in [0.15, 0.2) is 0 Å². The molecule has 48 valence electrons. The number of hydrogen-bond acceptors (Lipinski definition) is 2. The van der Waals surface area contributed by atoms with E-state index in [-0.39, 0.29) is 18.0 Å². The van der Waals surface area contributed by atoms with E-state index in [1.165, 1.54) is 6.92 Å². The molecule has 2 heteroatoms. The van der Waals surface area contributed by atoms with Crippen molar-refractivity contribution in [1.82, 2.24) is 0 Å². The number of ketones is 2. The van der Waals surface area contributed by atoms with E-state index in [2.05, 4.69) is 11.8 Å². The van der Waals surface area contributed by atoms with Crippen molar-refractivity contribution in [2.75, 3.05) is 0 Å². The summed E-state index contributed by atoms with van der Waals surface area (Å²) in [4.78, 5) is 20.7. The van der Waals surface area contributed by atoms with E-state index in [1.807, 2.05) is 0 Å². The summed E-state index contributed by atoms with van der Waals surface area (Å²) in [5, 5.41) is 0. The van der Waals surface area contributed by atoms with Crippen molar-refractivity contribution >= 4 is 11.6 Å². The Morgan fingerprint density at radius 1 is 1.44 bits per heavy atom. The van der Waals surface area contributed by atoms with Gasteiger partial charge in [-0.3, -0.25) is 9.59 Å². The molecule has 0 aliphatic rings. The molecule has 0 atom stereocenters. The van der Waals surface area contributed by atoms with Crippen molar-refractivity contribution in [2.24, 2.45) is 0 Å². The highest BCUT2D eigenvalue weighted by atomic mass is 16.1. The van der Waals surface area contributed by atoms with E-state index in [0.717, 1.165) is 0 Å². The Kier molecular flexibility index (Phi) is 3.38. The molecule has 0 spiro atoms. The topological polar surface area (TPSA) is 34.1 Å². The minimum absolute atomic E-state index is 0.0547. The Balaban J connectivity index is 3.74. The Bertz CT molecular complexity index is 181. The second kappa shape index (κ2) is 3.85. The van der Waals surface area contributed by atoms with Gasteiger partial charge in [-0.1, -0.05) is 5.92 Å². The van der Waals surface area contributed by atoms with Gasteiger partial charge < -0.3 is 0 Å². The highest BCUT2D eigenvalue weighted by Crippen LogP contribution is 1.81. The first-order valence-electron chi connectivity index (χ1n) is 2.62. The molecule has 2 nitrogen and oxygen atoms in total. The van der Waals surface area contributed by atoms with Gasteiger partial charge in [-0.25, -0.2) is 0 Å². The molecular weight excluding hydrogens is 116 g/mol. The van der Waals surface area contributed by atoms with E-state index in [4.69, 9.17) is 0 Å². The lowest BCUT2D eigenvalue weighted by atomic mass is 10.2. The summed E-state index contributed by atoms with van der Waals surface area (Å²) in [6.45, 7) is 2.94. The van der Waals surface area contributed by atoms with Crippen molar-refractivity contribution in [3.05, 3.63) is 0 Å². The van der Waals surface area contributed by atoms with Crippen molar-refractivity contribution in [1.29, 1.82) is 0 Å². The first-order valence-corrected chi connectivity index (χ1v) is 2.62. The van der Waals surface area contributed by atoms with Crippen LogP contribution < -0.4 is 0 Å². The van der Waals surface area contributed by atoms with Gasteiger partial charge in [0.2, 0.25) is 5.78 Å². The van der Waals surface area contributed by atoms with Gasteiger partial charge in [-0.05, 0) is 19.8 Å². The van der Waals surface area contributed by atoms with Gasteiger partial charge in [0.05, 0.1) is 6.42 Å². The predicted octanol–water partition coefficient (Wildman–Crippen LogP) is 0.558. The molecule has 0 heterocycles. The van der Waals surface area contributed by atoms with E-state index < -0.39 is 0 Å². The fourth-order valence-electron chi connectivity index (χ4n) is 0.410. The summed E-state index contributed by atoms with van der Waals surface area (Å²) >= 11 is 0. The zero-order valence-corrected chi connectivity index (χ0v) is 5.52. The van der Waals surface area contributed by atoms with Crippen LogP contribution in [0.4, 0.5) is 0 Å². The largest absolute Gasteiger partial charge is 0.299 e. The predicted molar refractivity (Wildman–Crippen MR) is 33.8 cm³/mol. The van der Waals surface area contributed by atoms with Crippen molar-refractivity contribution in [2.45, 2.75) is 20.3 Å². The third-order valence-corrected chi connectivity index (χ3v) is 0.674. The zero-order valence-electron chi connectivity index (χ0n) is 5.52. The van der Waals surface area contributed by atoms with Gasteiger partial charge in [0, 0.05) is 0 Å². The minimum atomic E-state index is -0.301. The average Bonchev–Trinajstić information content (AvgIpc) is 1.63. The molecule has 0 aromatic heterocycles. The number of carbonyl (C=O) groups is 2. The lowest BCUT2D eigenvalue weighted by Crippen LogP contribution is -2.00. The second-order valence-corrected chi connectivity index (χ2v) is 1.68. The normalized spacial score (nSPS) is 7.33. The van der Waals surface area contributed by atoms with Crippen molar-refractivity contribution in [3.8, 4) is 11.8 Å². The van der Waals surface area contributed by atoms with Crippen LogP contribution >= 0.6 is 0 Å². The lowest BCUT2D eigenvalue weighted by Gasteiger charge is -1.82. The fourth-order valence-corrected chi connectivity index (χ4v) is 0.410. The molecule has 0 rings (SSSR count). The Morgan fingerprint density at radius 2 is 2.00 bits per heavy atom. The molecule has 0 fully saturated rings. The summed E-state index contributed by atoms with van der Waals surface area (Å²) in [7, 11) is 0. The van der Waals surface area contributed by atoms with Crippen LogP contribution in [0.3, 0.4) is 0 Å². The summed E-state index contributed by atoms with van der Waals surface area (Å²) in [5.41, 5.74) is 0. The van der Waals surface area contributed by atoms with Crippen LogP contribution in [0.1, 0.15) is 20.3 Å². The average molecular weight is 124 g/mol. The molecule has 0 amide bonds. The summed E-state index contributed by atoms with van der Waals surface area (Å²) in [6, 6.07) is 0. The number of rotatable bonds is 2. The van der Waals surface area contributed by atoms with Gasteiger partial charge in [0.1, 0.15) is 5.78 Å². The van der Waals surface area contributed by atoms with Crippen LogP contribution in [0, 0.1) is 11.8 Å². The maximum absolute atomic E-state index is 10.5. The third kappa shape index (κ3) is 4.76. The molecule has 0 saturated heterocycles. The smallest absolute Gasteiger partial charge is 0.212 e. The van der Waals surface area contributed by atoms with Crippen LogP contribution in [0.5, 0.6) is 0 Å². The highest BCUT2D eigenvalue weighted by Gasteiger charge is 1.98. The maximum Gasteiger partial charge on any atom is 0.212 e. The monoisotopic (exact) mass is 124 g/mol. The minimum Gasteiger partial charge on any atom is -0.299 e. The van der Waals surface area contributed by atoms with E-state index >= 15 is 0 Å². The van der Waals surface area contributed by atoms with Gasteiger partial charge >= 0.3 is 0 Å².